The van der Waals surface area contributed by atoms with Crippen LogP contribution in [-0.4, -0.2) is 27.9 Å². The summed E-state index contributed by atoms with van der Waals surface area (Å²) in [5.41, 5.74) is 1.84. The smallest absolute Gasteiger partial charge is 0.371 e. The quantitative estimate of drug-likeness (QED) is 0.236. The van der Waals surface area contributed by atoms with Crippen molar-refractivity contribution in [2.75, 3.05) is 22.9 Å². The van der Waals surface area contributed by atoms with Crippen LogP contribution in [-0.2, 0) is 45.3 Å². The number of aromatic nitrogens is 3. The van der Waals surface area contributed by atoms with Gasteiger partial charge in [-0.1, -0.05) is 25.3 Å². The Kier molecular flexibility index (Phi) is 8.76. The first kappa shape index (κ1) is 30.2. The molecule has 0 N–H and O–H groups in total. The predicted molar refractivity (Wildman–Crippen MR) is 150 cm³/mol. The molecule has 2 aliphatic rings. The van der Waals surface area contributed by atoms with Gasteiger partial charge >= 0.3 is 12.4 Å². The maximum Gasteiger partial charge on any atom is 0.416 e. The van der Waals surface area contributed by atoms with E-state index < -0.39 is 23.5 Å². The molecule has 5 nitrogen and oxygen atoms in total. The summed E-state index contributed by atoms with van der Waals surface area (Å²) in [5.74, 6) is 0.838. The number of alkyl halides is 6. The van der Waals surface area contributed by atoms with Crippen LogP contribution in [0.1, 0.15) is 78.8 Å². The zero-order chi connectivity index (χ0) is 30.1. The van der Waals surface area contributed by atoms with E-state index in [1.165, 1.54) is 54.2 Å². The SMILES string of the molecule is CCN(CC1CCCCC1)c1cc2c(cc1CN(Cc1cc(C(F)(F)F)cc(C(F)(F)F)c1)c1ncn(C)n1)CCC2. The van der Waals surface area contributed by atoms with Gasteiger partial charge in [-0.2, -0.15) is 26.3 Å². The lowest BCUT2D eigenvalue weighted by Gasteiger charge is -2.33. The monoisotopic (exact) mass is 593 g/mol. The number of halogens is 6. The van der Waals surface area contributed by atoms with Crippen LogP contribution in [0.5, 0.6) is 0 Å². The predicted octanol–water partition coefficient (Wildman–Crippen LogP) is 7.95. The minimum Gasteiger partial charge on any atom is -0.371 e. The zero-order valence-electron chi connectivity index (χ0n) is 24.0. The van der Waals surface area contributed by atoms with E-state index in [9.17, 15) is 26.3 Å². The molecular formula is C31H37F6N5. The van der Waals surface area contributed by atoms with Crippen molar-refractivity contribution in [3.8, 4) is 0 Å². The molecule has 0 bridgehead atoms. The number of anilines is 2. The molecule has 1 heterocycles. The van der Waals surface area contributed by atoms with Crippen molar-refractivity contribution < 1.29 is 26.3 Å². The van der Waals surface area contributed by atoms with Crippen LogP contribution in [0.25, 0.3) is 0 Å². The second-order valence-electron chi connectivity index (χ2n) is 11.6. The van der Waals surface area contributed by atoms with E-state index in [2.05, 4.69) is 34.0 Å². The third kappa shape index (κ3) is 7.03. The van der Waals surface area contributed by atoms with Gasteiger partial charge in [0.25, 0.3) is 0 Å². The third-order valence-electron chi connectivity index (χ3n) is 8.47. The average Bonchev–Trinajstić information content (AvgIpc) is 3.59. The van der Waals surface area contributed by atoms with Gasteiger partial charge in [0, 0.05) is 38.9 Å². The molecule has 2 aliphatic carbocycles. The summed E-state index contributed by atoms with van der Waals surface area (Å²) in [6.07, 6.45) is 0.755. The Bertz CT molecular complexity index is 1340. The van der Waals surface area contributed by atoms with Gasteiger partial charge in [-0.15, -0.1) is 5.10 Å². The van der Waals surface area contributed by atoms with E-state index in [1.807, 2.05) is 0 Å². The molecule has 3 aromatic rings. The van der Waals surface area contributed by atoms with E-state index in [-0.39, 0.29) is 30.7 Å². The molecule has 0 spiro atoms. The molecule has 0 radical (unpaired) electrons. The third-order valence-corrected chi connectivity index (χ3v) is 8.47. The highest BCUT2D eigenvalue weighted by atomic mass is 19.4. The summed E-state index contributed by atoms with van der Waals surface area (Å²) in [4.78, 5) is 8.39. The van der Waals surface area contributed by atoms with Crippen LogP contribution < -0.4 is 9.80 Å². The summed E-state index contributed by atoms with van der Waals surface area (Å²) in [6, 6.07) is 6.16. The Morgan fingerprint density at radius 1 is 0.810 bits per heavy atom. The largest absolute Gasteiger partial charge is 0.416 e. The minimum absolute atomic E-state index is 0.109. The van der Waals surface area contributed by atoms with E-state index in [0.29, 0.717) is 5.92 Å². The van der Waals surface area contributed by atoms with Crippen LogP contribution in [0.2, 0.25) is 0 Å². The van der Waals surface area contributed by atoms with Crippen molar-refractivity contribution in [1.29, 1.82) is 0 Å². The molecule has 2 aromatic carbocycles. The standard InChI is InChI=1S/C31H37F6N5/c1-3-41(17-21-8-5-4-6-9-21)28-15-24-11-7-10-23(24)14-25(28)19-42(29-38-20-40(2)39-29)18-22-12-26(30(32,33)34)16-27(13-22)31(35,36)37/h12-16,20-21H,3-11,17-19H2,1-2H3. The van der Waals surface area contributed by atoms with E-state index >= 15 is 0 Å². The van der Waals surface area contributed by atoms with Crippen molar-refractivity contribution in [2.24, 2.45) is 13.0 Å². The van der Waals surface area contributed by atoms with Crippen molar-refractivity contribution in [3.63, 3.8) is 0 Å². The first-order chi connectivity index (χ1) is 19.9. The van der Waals surface area contributed by atoms with Crippen LogP contribution in [0.15, 0.2) is 36.7 Å². The van der Waals surface area contributed by atoms with Gasteiger partial charge in [-0.3, -0.25) is 4.68 Å². The Labute approximate surface area is 242 Å². The fourth-order valence-electron chi connectivity index (χ4n) is 6.37. The van der Waals surface area contributed by atoms with Gasteiger partial charge in [0.1, 0.15) is 6.33 Å². The molecule has 1 saturated carbocycles. The Morgan fingerprint density at radius 2 is 1.45 bits per heavy atom. The molecule has 5 rings (SSSR count). The number of rotatable bonds is 9. The molecule has 0 unspecified atom stereocenters. The molecule has 0 atom stereocenters. The minimum atomic E-state index is -4.92. The molecule has 0 saturated heterocycles. The summed E-state index contributed by atoms with van der Waals surface area (Å²) in [6.45, 7) is 3.87. The highest BCUT2D eigenvalue weighted by Crippen LogP contribution is 2.38. The van der Waals surface area contributed by atoms with Gasteiger partial charge in [0.15, 0.2) is 0 Å². The zero-order valence-corrected chi connectivity index (χ0v) is 24.0. The van der Waals surface area contributed by atoms with E-state index in [0.717, 1.165) is 55.7 Å². The molecule has 228 valence electrons. The van der Waals surface area contributed by atoms with Gasteiger partial charge in [0.05, 0.1) is 11.1 Å². The number of benzene rings is 2. The molecule has 1 aromatic heterocycles. The average molecular weight is 594 g/mol. The number of hydrogen-bond donors (Lipinski definition) is 0. The maximum atomic E-state index is 13.6. The summed E-state index contributed by atoms with van der Waals surface area (Å²) in [5, 5.41) is 4.38. The summed E-state index contributed by atoms with van der Waals surface area (Å²) < 4.78 is 83.3. The lowest BCUT2D eigenvalue weighted by atomic mass is 9.88. The highest BCUT2D eigenvalue weighted by molar-refractivity contribution is 5.60. The van der Waals surface area contributed by atoms with Crippen LogP contribution >= 0.6 is 0 Å². The van der Waals surface area contributed by atoms with Gasteiger partial charge in [0.2, 0.25) is 5.95 Å². The number of hydrogen-bond acceptors (Lipinski definition) is 4. The number of aryl methyl sites for hydroxylation is 3. The van der Waals surface area contributed by atoms with Crippen molar-refractivity contribution in [1.82, 2.24) is 14.8 Å². The van der Waals surface area contributed by atoms with Gasteiger partial charge in [-0.25, -0.2) is 4.98 Å². The van der Waals surface area contributed by atoms with E-state index in [4.69, 9.17) is 0 Å². The van der Waals surface area contributed by atoms with Gasteiger partial charge < -0.3 is 9.80 Å². The lowest BCUT2D eigenvalue weighted by Crippen LogP contribution is -2.32. The Morgan fingerprint density at radius 3 is 2.02 bits per heavy atom. The molecule has 0 amide bonds. The normalized spacial score (nSPS) is 16.1. The Hall–Kier alpha value is -3.24. The van der Waals surface area contributed by atoms with Crippen molar-refractivity contribution in [3.05, 3.63) is 70.0 Å². The topological polar surface area (TPSA) is 37.2 Å². The van der Waals surface area contributed by atoms with Crippen molar-refractivity contribution in [2.45, 2.75) is 83.7 Å². The first-order valence-electron chi connectivity index (χ1n) is 14.7. The first-order valence-corrected chi connectivity index (χ1v) is 14.7. The van der Waals surface area contributed by atoms with Crippen LogP contribution in [0.3, 0.4) is 0 Å². The lowest BCUT2D eigenvalue weighted by molar-refractivity contribution is -0.143. The fourth-order valence-corrected chi connectivity index (χ4v) is 6.37. The van der Waals surface area contributed by atoms with Crippen LogP contribution in [0.4, 0.5) is 38.0 Å². The van der Waals surface area contributed by atoms with Crippen molar-refractivity contribution >= 4 is 11.6 Å². The Balaban J connectivity index is 1.53. The number of fused-ring (bicyclic) bond motifs is 1. The molecule has 42 heavy (non-hydrogen) atoms. The maximum absolute atomic E-state index is 13.6. The second-order valence-corrected chi connectivity index (χ2v) is 11.6. The summed E-state index contributed by atoms with van der Waals surface area (Å²) in [7, 11) is 1.67. The molecule has 11 heteroatoms. The van der Waals surface area contributed by atoms with Crippen LogP contribution in [0, 0.1) is 5.92 Å². The van der Waals surface area contributed by atoms with Gasteiger partial charge in [-0.05, 0) is 91.5 Å². The fraction of sp³-hybridized carbons (Fsp3) is 0.548. The molecular weight excluding hydrogens is 556 g/mol. The summed E-state index contributed by atoms with van der Waals surface area (Å²) >= 11 is 0. The highest BCUT2D eigenvalue weighted by Gasteiger charge is 2.37. The molecule has 1 fully saturated rings. The number of nitrogens with zero attached hydrogens (tertiary/aromatic N) is 5. The second kappa shape index (κ2) is 12.2. The van der Waals surface area contributed by atoms with E-state index in [1.54, 1.807) is 11.9 Å². The molecule has 0 aliphatic heterocycles.